The number of hydrogen-bond acceptors (Lipinski definition) is 4. The summed E-state index contributed by atoms with van der Waals surface area (Å²) in [5.41, 5.74) is 2.12. The lowest BCUT2D eigenvalue weighted by Gasteiger charge is -2.10. The van der Waals surface area contributed by atoms with Gasteiger partial charge in [0.25, 0.3) is 5.91 Å². The Morgan fingerprint density at radius 2 is 1.79 bits per heavy atom. The van der Waals surface area contributed by atoms with Gasteiger partial charge in [-0.25, -0.2) is 23.1 Å². The molecule has 1 amide bonds. The van der Waals surface area contributed by atoms with Crippen LogP contribution in [0.25, 0.3) is 0 Å². The highest BCUT2D eigenvalue weighted by Gasteiger charge is 2.17. The monoisotopic (exact) mass is 386 g/mol. The predicted octanol–water partition coefficient (Wildman–Crippen LogP) is 4.38. The van der Waals surface area contributed by atoms with Gasteiger partial charge in [0, 0.05) is 12.2 Å². The van der Waals surface area contributed by atoms with E-state index in [0.717, 1.165) is 23.3 Å². The van der Waals surface area contributed by atoms with Crippen LogP contribution < -0.4 is 10.6 Å². The van der Waals surface area contributed by atoms with Crippen LogP contribution in [-0.4, -0.2) is 15.9 Å². The zero-order chi connectivity index (χ0) is 20.3. The van der Waals surface area contributed by atoms with Gasteiger partial charge in [0.1, 0.15) is 5.69 Å². The lowest BCUT2D eigenvalue weighted by molar-refractivity contribution is 0.102. The minimum Gasteiger partial charge on any atom is -0.350 e. The molecule has 28 heavy (non-hydrogen) atoms. The maximum absolute atomic E-state index is 13.8. The van der Waals surface area contributed by atoms with E-state index in [9.17, 15) is 18.0 Å². The van der Waals surface area contributed by atoms with Gasteiger partial charge in [0.05, 0.1) is 5.69 Å². The van der Waals surface area contributed by atoms with E-state index < -0.39 is 29.0 Å². The topological polar surface area (TPSA) is 66.9 Å². The quantitative estimate of drug-likeness (QED) is 0.639. The normalized spacial score (nSPS) is 10.6. The van der Waals surface area contributed by atoms with Gasteiger partial charge < -0.3 is 10.6 Å². The van der Waals surface area contributed by atoms with Gasteiger partial charge in [-0.2, -0.15) is 0 Å². The van der Waals surface area contributed by atoms with E-state index in [4.69, 9.17) is 0 Å². The Kier molecular flexibility index (Phi) is 5.58. The molecule has 0 aliphatic carbocycles. The molecule has 1 aromatic heterocycles. The third-order valence-electron chi connectivity index (χ3n) is 3.90. The number of carbonyl (C=O) groups is 1. The zero-order valence-corrected chi connectivity index (χ0v) is 15.2. The molecule has 0 saturated heterocycles. The first-order chi connectivity index (χ1) is 13.3. The van der Waals surface area contributed by atoms with E-state index in [0.29, 0.717) is 12.2 Å². The molecule has 0 unspecified atom stereocenters. The van der Waals surface area contributed by atoms with Gasteiger partial charge in [-0.3, -0.25) is 4.79 Å². The summed E-state index contributed by atoms with van der Waals surface area (Å²) in [5, 5.41) is 5.22. The predicted molar refractivity (Wildman–Crippen MR) is 99.5 cm³/mol. The standard InChI is InChI=1S/C20H17F3N4O/c1-11-4-3-5-13(8-11)10-24-20-25-12(2)9-16(27-20)19(28)26-15-7-6-14(21)17(22)18(15)23/h3-9H,10H2,1-2H3,(H,26,28)(H,24,25,27). The van der Waals surface area contributed by atoms with E-state index in [1.807, 2.05) is 31.2 Å². The minimum atomic E-state index is -1.66. The van der Waals surface area contributed by atoms with Crippen molar-refractivity contribution < 1.29 is 18.0 Å². The Labute approximate surface area is 159 Å². The highest BCUT2D eigenvalue weighted by molar-refractivity contribution is 6.03. The summed E-state index contributed by atoms with van der Waals surface area (Å²) in [4.78, 5) is 20.7. The van der Waals surface area contributed by atoms with E-state index in [-0.39, 0.29) is 11.6 Å². The molecule has 0 fully saturated rings. The van der Waals surface area contributed by atoms with Crippen molar-refractivity contribution in [1.29, 1.82) is 0 Å². The molecule has 3 rings (SSSR count). The fourth-order valence-corrected chi connectivity index (χ4v) is 2.58. The maximum Gasteiger partial charge on any atom is 0.274 e. The maximum atomic E-state index is 13.8. The Bertz CT molecular complexity index is 1040. The van der Waals surface area contributed by atoms with Crippen molar-refractivity contribution in [3.05, 3.63) is 82.4 Å². The Morgan fingerprint density at radius 3 is 2.54 bits per heavy atom. The number of nitrogens with one attached hydrogen (secondary N) is 2. The lowest BCUT2D eigenvalue weighted by atomic mass is 10.1. The number of aryl methyl sites for hydroxylation is 2. The third-order valence-corrected chi connectivity index (χ3v) is 3.90. The molecule has 0 aliphatic heterocycles. The molecule has 0 spiro atoms. The van der Waals surface area contributed by atoms with Crippen LogP contribution in [0, 0.1) is 31.3 Å². The smallest absolute Gasteiger partial charge is 0.274 e. The van der Waals surface area contributed by atoms with Crippen molar-refractivity contribution in [3.63, 3.8) is 0 Å². The summed E-state index contributed by atoms with van der Waals surface area (Å²) < 4.78 is 40.1. The highest BCUT2D eigenvalue weighted by Crippen LogP contribution is 2.20. The van der Waals surface area contributed by atoms with Crippen LogP contribution in [0.2, 0.25) is 0 Å². The molecule has 2 N–H and O–H groups in total. The fourth-order valence-electron chi connectivity index (χ4n) is 2.58. The van der Waals surface area contributed by atoms with E-state index in [1.165, 1.54) is 6.07 Å². The van der Waals surface area contributed by atoms with Crippen LogP contribution in [0.4, 0.5) is 24.8 Å². The number of amides is 1. The first-order valence-electron chi connectivity index (χ1n) is 8.43. The average molecular weight is 386 g/mol. The van der Waals surface area contributed by atoms with Crippen molar-refractivity contribution in [2.24, 2.45) is 0 Å². The molecule has 0 bridgehead atoms. The van der Waals surface area contributed by atoms with Crippen molar-refractivity contribution >= 4 is 17.5 Å². The lowest BCUT2D eigenvalue weighted by Crippen LogP contribution is -2.17. The van der Waals surface area contributed by atoms with Crippen LogP contribution in [0.1, 0.15) is 27.3 Å². The number of hydrogen-bond donors (Lipinski definition) is 2. The summed E-state index contributed by atoms with van der Waals surface area (Å²) in [6, 6.07) is 10.9. The Morgan fingerprint density at radius 1 is 1.00 bits per heavy atom. The van der Waals surface area contributed by atoms with E-state index >= 15 is 0 Å². The number of carbonyl (C=O) groups excluding carboxylic acids is 1. The van der Waals surface area contributed by atoms with Gasteiger partial charge in [-0.1, -0.05) is 29.8 Å². The van der Waals surface area contributed by atoms with Crippen molar-refractivity contribution in [2.75, 3.05) is 10.6 Å². The second-order valence-electron chi connectivity index (χ2n) is 6.24. The number of rotatable bonds is 5. The summed E-state index contributed by atoms with van der Waals surface area (Å²) >= 11 is 0. The van der Waals surface area contributed by atoms with E-state index in [2.05, 4.69) is 20.6 Å². The number of benzene rings is 2. The first kappa shape index (κ1) is 19.3. The van der Waals surface area contributed by atoms with Crippen molar-refractivity contribution in [1.82, 2.24) is 9.97 Å². The molecule has 0 radical (unpaired) electrons. The number of anilines is 2. The molecule has 3 aromatic rings. The van der Waals surface area contributed by atoms with Crippen molar-refractivity contribution in [2.45, 2.75) is 20.4 Å². The minimum absolute atomic E-state index is 0.0385. The van der Waals surface area contributed by atoms with Crippen LogP contribution in [0.3, 0.4) is 0 Å². The summed E-state index contributed by atoms with van der Waals surface area (Å²) in [5.74, 6) is -5.02. The largest absolute Gasteiger partial charge is 0.350 e. The molecule has 5 nitrogen and oxygen atoms in total. The van der Waals surface area contributed by atoms with E-state index in [1.54, 1.807) is 6.92 Å². The molecule has 0 aliphatic rings. The summed E-state index contributed by atoms with van der Waals surface area (Å²) in [6.45, 7) is 4.10. The average Bonchev–Trinajstić information content (AvgIpc) is 2.66. The molecule has 8 heteroatoms. The van der Waals surface area contributed by atoms with Gasteiger partial charge in [-0.15, -0.1) is 0 Å². The number of halogens is 3. The van der Waals surface area contributed by atoms with Gasteiger partial charge in [-0.05, 0) is 37.6 Å². The van der Waals surface area contributed by atoms with Gasteiger partial charge in [0.15, 0.2) is 17.5 Å². The van der Waals surface area contributed by atoms with Gasteiger partial charge in [0.2, 0.25) is 5.95 Å². The highest BCUT2D eigenvalue weighted by atomic mass is 19.2. The number of aromatic nitrogens is 2. The number of nitrogens with zero attached hydrogens (tertiary/aromatic N) is 2. The van der Waals surface area contributed by atoms with Gasteiger partial charge >= 0.3 is 0 Å². The van der Waals surface area contributed by atoms with Crippen LogP contribution in [0.15, 0.2) is 42.5 Å². The SMILES string of the molecule is Cc1cccc(CNc2nc(C)cc(C(=O)Nc3ccc(F)c(F)c3F)n2)c1. The summed E-state index contributed by atoms with van der Waals surface area (Å²) in [7, 11) is 0. The molecule has 144 valence electrons. The van der Waals surface area contributed by atoms with Crippen LogP contribution >= 0.6 is 0 Å². The molecular formula is C20H17F3N4O. The second kappa shape index (κ2) is 8.08. The Hall–Kier alpha value is -3.42. The molecule has 2 aromatic carbocycles. The molecule has 1 heterocycles. The first-order valence-corrected chi connectivity index (χ1v) is 8.43. The van der Waals surface area contributed by atoms with Crippen LogP contribution in [0.5, 0.6) is 0 Å². The van der Waals surface area contributed by atoms with Crippen molar-refractivity contribution in [3.8, 4) is 0 Å². The third kappa shape index (κ3) is 4.46. The molecule has 0 saturated carbocycles. The fraction of sp³-hybridized carbons (Fsp3) is 0.150. The second-order valence-corrected chi connectivity index (χ2v) is 6.24. The molecular weight excluding hydrogens is 369 g/mol. The zero-order valence-electron chi connectivity index (χ0n) is 15.2. The Balaban J connectivity index is 1.77. The summed E-state index contributed by atoms with van der Waals surface area (Å²) in [6.07, 6.45) is 0. The molecule has 0 atom stereocenters. The van der Waals surface area contributed by atoms with Crippen LogP contribution in [-0.2, 0) is 6.54 Å².